The fraction of sp³-hybridized carbons (Fsp3) is 0.400. The minimum atomic E-state index is -0.130. The summed E-state index contributed by atoms with van der Waals surface area (Å²) >= 11 is 0. The Hall–Kier alpha value is -1.61. The highest BCUT2D eigenvalue weighted by atomic mass is 15.1. The Balaban J connectivity index is 2.31. The van der Waals surface area contributed by atoms with Crippen LogP contribution in [0.4, 0.5) is 5.82 Å². The van der Waals surface area contributed by atoms with E-state index in [9.17, 15) is 0 Å². The third kappa shape index (κ3) is 2.46. The Kier molecular flexibility index (Phi) is 3.53. The predicted molar refractivity (Wildman–Crippen MR) is 77.7 cm³/mol. The Morgan fingerprint density at radius 1 is 1.22 bits per heavy atom. The van der Waals surface area contributed by atoms with Crippen molar-refractivity contribution in [2.45, 2.75) is 26.3 Å². The summed E-state index contributed by atoms with van der Waals surface area (Å²) in [6.07, 6.45) is 0. The number of nitrogens with one attached hydrogen (secondary N) is 1. The molecule has 3 heteroatoms. The standard InChI is InChI=1S/C15H21N3/c1-11(2)15(3,10-16)18-14-9-8-12-6-4-5-7-13(12)17-14/h4-9,11H,10,16H2,1-3H3,(H,17,18). The molecule has 2 aromatic rings. The van der Waals surface area contributed by atoms with E-state index in [1.165, 1.54) is 0 Å². The molecule has 0 spiro atoms. The van der Waals surface area contributed by atoms with Gasteiger partial charge < -0.3 is 11.1 Å². The van der Waals surface area contributed by atoms with Crippen molar-refractivity contribution < 1.29 is 0 Å². The van der Waals surface area contributed by atoms with E-state index in [4.69, 9.17) is 5.73 Å². The predicted octanol–water partition coefficient (Wildman–Crippen LogP) is 3.02. The van der Waals surface area contributed by atoms with Gasteiger partial charge in [0, 0.05) is 11.9 Å². The molecule has 18 heavy (non-hydrogen) atoms. The van der Waals surface area contributed by atoms with Crippen LogP contribution < -0.4 is 11.1 Å². The number of para-hydroxylation sites is 1. The summed E-state index contributed by atoms with van der Waals surface area (Å²) in [4.78, 5) is 4.62. The smallest absolute Gasteiger partial charge is 0.127 e. The zero-order chi connectivity index (χ0) is 13.2. The molecular weight excluding hydrogens is 222 g/mol. The van der Waals surface area contributed by atoms with Gasteiger partial charge in [0.25, 0.3) is 0 Å². The Morgan fingerprint density at radius 3 is 2.61 bits per heavy atom. The number of fused-ring (bicyclic) bond motifs is 1. The minimum absolute atomic E-state index is 0.130. The molecule has 0 saturated carbocycles. The zero-order valence-electron chi connectivity index (χ0n) is 11.3. The summed E-state index contributed by atoms with van der Waals surface area (Å²) in [5.74, 6) is 1.33. The van der Waals surface area contributed by atoms with Crippen LogP contribution >= 0.6 is 0 Å². The van der Waals surface area contributed by atoms with Crippen LogP contribution in [-0.4, -0.2) is 17.1 Å². The van der Waals surface area contributed by atoms with Crippen LogP contribution in [-0.2, 0) is 0 Å². The molecule has 2 rings (SSSR count). The Morgan fingerprint density at radius 2 is 1.94 bits per heavy atom. The Labute approximate surface area is 108 Å². The maximum absolute atomic E-state index is 5.88. The topological polar surface area (TPSA) is 50.9 Å². The molecule has 1 unspecified atom stereocenters. The summed E-state index contributed by atoms with van der Waals surface area (Å²) in [5.41, 5.74) is 6.75. The largest absolute Gasteiger partial charge is 0.363 e. The molecule has 1 aromatic carbocycles. The van der Waals surface area contributed by atoms with Gasteiger partial charge >= 0.3 is 0 Å². The molecule has 0 fully saturated rings. The zero-order valence-corrected chi connectivity index (χ0v) is 11.3. The maximum atomic E-state index is 5.88. The number of pyridine rings is 1. The molecule has 0 radical (unpaired) electrons. The number of rotatable bonds is 4. The molecule has 0 bridgehead atoms. The van der Waals surface area contributed by atoms with Crippen molar-refractivity contribution in [1.29, 1.82) is 0 Å². The molecule has 0 saturated heterocycles. The molecule has 0 aliphatic carbocycles. The minimum Gasteiger partial charge on any atom is -0.363 e. The first-order valence-electron chi connectivity index (χ1n) is 6.39. The van der Waals surface area contributed by atoms with Crippen molar-refractivity contribution in [2.24, 2.45) is 11.7 Å². The highest BCUT2D eigenvalue weighted by molar-refractivity contribution is 5.80. The number of nitrogens with two attached hydrogens (primary N) is 1. The van der Waals surface area contributed by atoms with Crippen molar-refractivity contribution in [3.8, 4) is 0 Å². The summed E-state index contributed by atoms with van der Waals surface area (Å²) in [6.45, 7) is 7.05. The lowest BCUT2D eigenvalue weighted by Crippen LogP contribution is -2.47. The average Bonchev–Trinajstić information content (AvgIpc) is 2.38. The molecule has 3 nitrogen and oxygen atoms in total. The number of nitrogens with zero attached hydrogens (tertiary/aromatic N) is 1. The van der Waals surface area contributed by atoms with Gasteiger partial charge in [-0.3, -0.25) is 0 Å². The van der Waals surface area contributed by atoms with Crippen molar-refractivity contribution in [3.63, 3.8) is 0 Å². The molecule has 3 N–H and O–H groups in total. The lowest BCUT2D eigenvalue weighted by molar-refractivity contribution is 0.381. The van der Waals surface area contributed by atoms with Crippen LogP contribution in [0.3, 0.4) is 0 Å². The quantitative estimate of drug-likeness (QED) is 0.868. The number of anilines is 1. The molecule has 0 aliphatic heterocycles. The van der Waals surface area contributed by atoms with Crippen molar-refractivity contribution >= 4 is 16.7 Å². The second kappa shape index (κ2) is 4.94. The van der Waals surface area contributed by atoms with E-state index in [2.05, 4.69) is 43.2 Å². The summed E-state index contributed by atoms with van der Waals surface area (Å²) in [5, 5.41) is 4.62. The van der Waals surface area contributed by atoms with E-state index in [1.807, 2.05) is 24.3 Å². The van der Waals surface area contributed by atoms with Gasteiger partial charge in [-0.1, -0.05) is 32.0 Å². The third-order valence-electron chi connectivity index (χ3n) is 3.71. The first-order chi connectivity index (χ1) is 8.55. The van der Waals surface area contributed by atoms with Crippen LogP contribution in [0.15, 0.2) is 36.4 Å². The SMILES string of the molecule is CC(C)C(C)(CN)Nc1ccc2ccccc2n1. The molecule has 1 heterocycles. The molecule has 1 aromatic heterocycles. The monoisotopic (exact) mass is 243 g/mol. The van der Waals surface area contributed by atoms with Gasteiger partial charge in [-0.25, -0.2) is 4.98 Å². The fourth-order valence-electron chi connectivity index (χ4n) is 1.86. The van der Waals surface area contributed by atoms with Crippen molar-refractivity contribution in [1.82, 2.24) is 4.98 Å². The van der Waals surface area contributed by atoms with Crippen molar-refractivity contribution in [2.75, 3.05) is 11.9 Å². The normalized spacial score (nSPS) is 14.7. The third-order valence-corrected chi connectivity index (χ3v) is 3.71. The van der Waals surface area contributed by atoms with Crippen molar-refractivity contribution in [3.05, 3.63) is 36.4 Å². The van der Waals surface area contributed by atoms with E-state index in [0.717, 1.165) is 16.7 Å². The second-order valence-electron chi connectivity index (χ2n) is 5.29. The average molecular weight is 243 g/mol. The van der Waals surface area contributed by atoms with Crippen LogP contribution in [0.25, 0.3) is 10.9 Å². The van der Waals surface area contributed by atoms with Gasteiger partial charge in [0.2, 0.25) is 0 Å². The van der Waals surface area contributed by atoms with Crippen LogP contribution in [0.2, 0.25) is 0 Å². The first kappa shape index (κ1) is 12.8. The van der Waals surface area contributed by atoms with E-state index in [0.29, 0.717) is 12.5 Å². The van der Waals surface area contributed by atoms with Crippen LogP contribution in [0.5, 0.6) is 0 Å². The number of hydrogen-bond donors (Lipinski definition) is 2. The van der Waals surface area contributed by atoms with E-state index >= 15 is 0 Å². The van der Waals surface area contributed by atoms with E-state index in [-0.39, 0.29) is 5.54 Å². The molecule has 1 atom stereocenters. The summed E-state index contributed by atoms with van der Waals surface area (Å²) < 4.78 is 0. The molecule has 0 aliphatic rings. The number of hydrogen-bond acceptors (Lipinski definition) is 3. The fourth-order valence-corrected chi connectivity index (χ4v) is 1.86. The summed E-state index contributed by atoms with van der Waals surface area (Å²) in [6, 6.07) is 12.2. The highest BCUT2D eigenvalue weighted by Gasteiger charge is 2.26. The van der Waals surface area contributed by atoms with E-state index < -0.39 is 0 Å². The number of benzene rings is 1. The van der Waals surface area contributed by atoms with Gasteiger partial charge in [0.1, 0.15) is 5.82 Å². The lowest BCUT2D eigenvalue weighted by atomic mass is 9.88. The first-order valence-corrected chi connectivity index (χ1v) is 6.39. The van der Waals surface area contributed by atoms with Gasteiger partial charge in [0.05, 0.1) is 11.1 Å². The van der Waals surface area contributed by atoms with Gasteiger partial charge in [-0.2, -0.15) is 0 Å². The molecule has 96 valence electrons. The second-order valence-corrected chi connectivity index (χ2v) is 5.29. The van der Waals surface area contributed by atoms with Gasteiger partial charge in [-0.15, -0.1) is 0 Å². The lowest BCUT2D eigenvalue weighted by Gasteiger charge is -2.34. The van der Waals surface area contributed by atoms with Crippen LogP contribution in [0.1, 0.15) is 20.8 Å². The van der Waals surface area contributed by atoms with Gasteiger partial charge in [0.15, 0.2) is 0 Å². The highest BCUT2D eigenvalue weighted by Crippen LogP contribution is 2.22. The van der Waals surface area contributed by atoms with E-state index in [1.54, 1.807) is 0 Å². The Bertz CT molecular complexity index is 536. The summed E-state index contributed by atoms with van der Waals surface area (Å²) in [7, 11) is 0. The maximum Gasteiger partial charge on any atom is 0.127 e. The van der Waals surface area contributed by atoms with Gasteiger partial charge in [-0.05, 0) is 31.0 Å². The molecular formula is C15H21N3. The molecule has 0 amide bonds. The van der Waals surface area contributed by atoms with Crippen LogP contribution in [0, 0.1) is 5.92 Å². The number of aromatic nitrogens is 1.